The Bertz CT molecular complexity index is 738. The molecule has 2 atom stereocenters. The van der Waals surface area contributed by atoms with Gasteiger partial charge < -0.3 is 0 Å². The van der Waals surface area contributed by atoms with Crippen molar-refractivity contribution in [3.05, 3.63) is 59.2 Å². The summed E-state index contributed by atoms with van der Waals surface area (Å²) in [4.78, 5) is 14.0. The molecule has 0 aromatic carbocycles. The fourth-order valence-corrected chi connectivity index (χ4v) is 5.33. The molecule has 4 nitrogen and oxygen atoms in total. The molecule has 2 aliphatic heterocycles. The van der Waals surface area contributed by atoms with Crippen molar-refractivity contribution in [2.75, 3.05) is 27.2 Å². The van der Waals surface area contributed by atoms with Crippen LogP contribution < -0.4 is 0 Å². The van der Waals surface area contributed by atoms with Crippen LogP contribution in [0.3, 0.4) is 0 Å². The lowest BCUT2D eigenvalue weighted by Crippen LogP contribution is -2.17. The molecule has 2 saturated heterocycles. The molecule has 0 radical (unpaired) electrons. The molecular weight excluding hydrogens is 368 g/mol. The van der Waals surface area contributed by atoms with Crippen molar-refractivity contribution in [2.45, 2.75) is 76.3 Å². The van der Waals surface area contributed by atoms with Crippen LogP contribution in [0.4, 0.5) is 0 Å². The van der Waals surface area contributed by atoms with Crippen molar-refractivity contribution in [3.63, 3.8) is 0 Å². The van der Waals surface area contributed by atoms with Gasteiger partial charge in [-0.25, -0.2) is 0 Å². The van der Waals surface area contributed by atoms with Crippen LogP contribution >= 0.6 is 0 Å². The molecule has 162 valence electrons. The van der Waals surface area contributed by atoms with Crippen molar-refractivity contribution >= 4 is 0 Å². The Morgan fingerprint density at radius 1 is 0.700 bits per heavy atom. The highest BCUT2D eigenvalue weighted by Gasteiger charge is 2.23. The molecule has 0 amide bonds. The summed E-state index contributed by atoms with van der Waals surface area (Å²) in [6.07, 6.45) is 20.9. The monoisotopic (exact) mass is 406 g/mol. The van der Waals surface area contributed by atoms with Crippen molar-refractivity contribution in [3.8, 4) is 0 Å². The summed E-state index contributed by atoms with van der Waals surface area (Å²) < 4.78 is 0. The van der Waals surface area contributed by atoms with E-state index in [-0.39, 0.29) is 0 Å². The molecule has 4 heteroatoms. The summed E-state index contributed by atoms with van der Waals surface area (Å²) in [7, 11) is 4.48. The number of nitrogens with zero attached hydrogens (tertiary/aromatic N) is 4. The number of hydrogen-bond donors (Lipinski definition) is 0. The van der Waals surface area contributed by atoms with Gasteiger partial charge in [0, 0.05) is 36.9 Å². The Balaban J connectivity index is 1.18. The molecule has 0 N–H and O–H groups in total. The van der Waals surface area contributed by atoms with Gasteiger partial charge in [-0.1, -0.05) is 25.0 Å². The smallest absolute Gasteiger partial charge is 0.0360 e. The Hall–Kier alpha value is -1.78. The van der Waals surface area contributed by atoms with E-state index in [1.807, 2.05) is 0 Å². The van der Waals surface area contributed by atoms with Gasteiger partial charge in [0.05, 0.1) is 0 Å². The lowest BCUT2D eigenvalue weighted by molar-refractivity contribution is 0.317. The third kappa shape index (κ3) is 5.47. The average molecular weight is 407 g/mol. The second-order valence-electron chi connectivity index (χ2n) is 9.44. The van der Waals surface area contributed by atoms with Crippen LogP contribution in [0.2, 0.25) is 0 Å². The highest BCUT2D eigenvalue weighted by molar-refractivity contribution is 5.23. The first-order valence-electron chi connectivity index (χ1n) is 12.0. The number of rotatable bonds is 9. The van der Waals surface area contributed by atoms with Gasteiger partial charge >= 0.3 is 0 Å². The van der Waals surface area contributed by atoms with E-state index >= 15 is 0 Å². The first kappa shape index (κ1) is 21.5. The molecule has 0 spiro atoms. The van der Waals surface area contributed by atoms with Gasteiger partial charge in [0.1, 0.15) is 0 Å². The molecule has 30 heavy (non-hydrogen) atoms. The normalized spacial score (nSPS) is 22.7. The molecule has 2 aromatic rings. The number of aromatic nitrogens is 2. The standard InChI is InChI=1S/C26H38N4/c1-29-13-7-11-25(29)23-15-21(17-27-19-23)9-5-3-4-6-10-22-16-24(20-28-18-22)26-12-8-14-30(26)2/h15-20,25-26H,3-14H2,1-2H3/t25-,26-/m0/s1. The number of likely N-dealkylation sites (tertiary alicyclic amines) is 2. The largest absolute Gasteiger partial charge is 0.299 e. The second-order valence-corrected chi connectivity index (χ2v) is 9.44. The molecule has 2 aromatic heterocycles. The van der Waals surface area contributed by atoms with Crippen LogP contribution in [-0.4, -0.2) is 47.0 Å². The lowest BCUT2D eigenvalue weighted by atomic mass is 10.0. The predicted octanol–water partition coefficient (Wildman–Crippen LogP) is 5.36. The van der Waals surface area contributed by atoms with Crippen LogP contribution in [0.1, 0.15) is 85.7 Å². The molecular formula is C26H38N4. The Morgan fingerprint density at radius 3 is 1.57 bits per heavy atom. The summed E-state index contributed by atoms with van der Waals surface area (Å²) in [6, 6.07) is 5.95. The Labute approximate surface area is 182 Å². The van der Waals surface area contributed by atoms with Crippen LogP contribution in [0.5, 0.6) is 0 Å². The minimum atomic E-state index is 0.575. The Kier molecular flexibility index (Phi) is 7.51. The van der Waals surface area contributed by atoms with E-state index in [4.69, 9.17) is 0 Å². The molecule has 4 rings (SSSR count). The fourth-order valence-electron chi connectivity index (χ4n) is 5.33. The molecule has 0 saturated carbocycles. The maximum Gasteiger partial charge on any atom is 0.0360 e. The number of unbranched alkanes of at least 4 members (excludes halogenated alkanes) is 3. The zero-order valence-corrected chi connectivity index (χ0v) is 18.9. The van der Waals surface area contributed by atoms with Gasteiger partial charge in [-0.15, -0.1) is 0 Å². The first-order chi connectivity index (χ1) is 14.7. The van der Waals surface area contributed by atoms with Gasteiger partial charge in [0.25, 0.3) is 0 Å². The summed E-state index contributed by atoms with van der Waals surface area (Å²) in [5.41, 5.74) is 5.64. The van der Waals surface area contributed by atoms with Gasteiger partial charge in [0.15, 0.2) is 0 Å². The highest BCUT2D eigenvalue weighted by atomic mass is 15.1. The Morgan fingerprint density at radius 2 is 1.17 bits per heavy atom. The summed E-state index contributed by atoms with van der Waals surface area (Å²) in [5.74, 6) is 0. The minimum Gasteiger partial charge on any atom is -0.299 e. The molecule has 0 aliphatic carbocycles. The van der Waals surface area contributed by atoms with E-state index in [2.05, 4.69) is 70.8 Å². The third-order valence-electron chi connectivity index (χ3n) is 7.12. The summed E-state index contributed by atoms with van der Waals surface area (Å²) >= 11 is 0. The molecule has 2 aliphatic rings. The SMILES string of the molecule is CN1CCC[C@H]1c1cncc(CCCCCCc2cncc([C@@H]3CCCN3C)c2)c1. The number of pyridine rings is 2. The second kappa shape index (κ2) is 10.5. The molecule has 4 heterocycles. The lowest BCUT2D eigenvalue weighted by Gasteiger charge is -2.20. The third-order valence-corrected chi connectivity index (χ3v) is 7.12. The minimum absolute atomic E-state index is 0.575. The molecule has 2 fully saturated rings. The van der Waals surface area contributed by atoms with E-state index in [1.54, 1.807) is 0 Å². The van der Waals surface area contributed by atoms with Gasteiger partial charge in [-0.2, -0.15) is 0 Å². The van der Waals surface area contributed by atoms with Crippen molar-refractivity contribution in [2.24, 2.45) is 0 Å². The predicted molar refractivity (Wildman–Crippen MR) is 124 cm³/mol. The van der Waals surface area contributed by atoms with E-state index in [9.17, 15) is 0 Å². The van der Waals surface area contributed by atoms with Crippen LogP contribution in [0.15, 0.2) is 36.9 Å². The maximum absolute atomic E-state index is 4.53. The number of hydrogen-bond acceptors (Lipinski definition) is 4. The molecule has 0 unspecified atom stereocenters. The quantitative estimate of drug-likeness (QED) is 0.525. The van der Waals surface area contributed by atoms with E-state index < -0.39 is 0 Å². The van der Waals surface area contributed by atoms with Gasteiger partial charge in [0.2, 0.25) is 0 Å². The zero-order chi connectivity index (χ0) is 20.8. The average Bonchev–Trinajstić information content (AvgIpc) is 3.39. The van der Waals surface area contributed by atoms with E-state index in [1.165, 1.54) is 86.7 Å². The highest BCUT2D eigenvalue weighted by Crippen LogP contribution is 2.31. The first-order valence-corrected chi connectivity index (χ1v) is 12.0. The fraction of sp³-hybridized carbons (Fsp3) is 0.615. The van der Waals surface area contributed by atoms with E-state index in [0.29, 0.717) is 12.1 Å². The maximum atomic E-state index is 4.53. The van der Waals surface area contributed by atoms with Gasteiger partial charge in [-0.3, -0.25) is 19.8 Å². The summed E-state index contributed by atoms with van der Waals surface area (Å²) in [5, 5.41) is 0. The van der Waals surface area contributed by atoms with Crippen molar-refractivity contribution in [1.82, 2.24) is 19.8 Å². The van der Waals surface area contributed by atoms with Crippen molar-refractivity contribution < 1.29 is 0 Å². The summed E-state index contributed by atoms with van der Waals surface area (Å²) in [6.45, 7) is 2.43. The van der Waals surface area contributed by atoms with E-state index in [0.717, 1.165) is 12.8 Å². The van der Waals surface area contributed by atoms with Crippen LogP contribution in [-0.2, 0) is 12.8 Å². The zero-order valence-electron chi connectivity index (χ0n) is 18.9. The topological polar surface area (TPSA) is 32.3 Å². The van der Waals surface area contributed by atoms with Crippen LogP contribution in [0.25, 0.3) is 0 Å². The molecule has 0 bridgehead atoms. The van der Waals surface area contributed by atoms with Gasteiger partial charge in [-0.05, 0) is 101 Å². The van der Waals surface area contributed by atoms with Crippen molar-refractivity contribution in [1.29, 1.82) is 0 Å². The van der Waals surface area contributed by atoms with Crippen LogP contribution in [0, 0.1) is 0 Å². The number of aryl methyl sites for hydroxylation is 2.